The normalized spacial score (nSPS) is 11.4. The van der Waals surface area contributed by atoms with E-state index in [1.807, 2.05) is 0 Å². The molecule has 102 valence electrons. The highest BCUT2D eigenvalue weighted by molar-refractivity contribution is 7.90. The van der Waals surface area contributed by atoms with Gasteiger partial charge in [0.05, 0.1) is 11.5 Å². The Morgan fingerprint density at radius 1 is 1.11 bits per heavy atom. The highest BCUT2D eigenvalue weighted by atomic mass is 32.2. The Labute approximate surface area is 108 Å². The smallest absolute Gasteiger partial charge is 0.175 e. The largest absolute Gasteiger partial charge is 0.492 e. The molecule has 0 saturated carbocycles. The zero-order valence-electron chi connectivity index (χ0n) is 10.7. The van der Waals surface area contributed by atoms with Crippen molar-refractivity contribution in [3.63, 3.8) is 0 Å². The zero-order chi connectivity index (χ0) is 13.4. The molecule has 1 aromatic carbocycles. The number of hydrogen-bond acceptors (Lipinski definition) is 5. The van der Waals surface area contributed by atoms with Crippen molar-refractivity contribution in [2.24, 2.45) is 0 Å². The molecule has 0 fully saturated rings. The van der Waals surface area contributed by atoms with E-state index in [9.17, 15) is 8.42 Å². The minimum Gasteiger partial charge on any atom is -0.492 e. The Balaban J connectivity index is 2.32. The van der Waals surface area contributed by atoms with Crippen LogP contribution >= 0.6 is 0 Å². The number of benzene rings is 1. The first kappa shape index (κ1) is 14.9. The maximum Gasteiger partial charge on any atom is 0.175 e. The first-order chi connectivity index (χ1) is 8.54. The summed E-state index contributed by atoms with van der Waals surface area (Å²) < 4.78 is 32.8. The maximum atomic E-state index is 11.2. The number of sulfone groups is 1. The van der Waals surface area contributed by atoms with Gasteiger partial charge in [-0.2, -0.15) is 0 Å². The molecule has 0 spiro atoms. The number of hydrogen-bond donors (Lipinski definition) is 1. The van der Waals surface area contributed by atoms with Crippen molar-refractivity contribution >= 4 is 9.84 Å². The van der Waals surface area contributed by atoms with Gasteiger partial charge in [0.15, 0.2) is 9.84 Å². The van der Waals surface area contributed by atoms with Crippen LogP contribution in [0, 0.1) is 0 Å². The van der Waals surface area contributed by atoms with Crippen molar-refractivity contribution in [2.75, 3.05) is 39.7 Å². The fourth-order valence-electron chi connectivity index (χ4n) is 1.32. The molecule has 0 heterocycles. The van der Waals surface area contributed by atoms with E-state index in [-0.39, 0.29) is 0 Å². The Morgan fingerprint density at radius 3 is 2.28 bits per heavy atom. The minimum atomic E-state index is -3.14. The molecule has 0 bridgehead atoms. The lowest BCUT2D eigenvalue weighted by Gasteiger charge is -2.07. The first-order valence-corrected chi connectivity index (χ1v) is 7.56. The minimum absolute atomic E-state index is 0.299. The van der Waals surface area contributed by atoms with Crippen molar-refractivity contribution in [3.8, 4) is 5.75 Å². The molecular weight excluding hydrogens is 254 g/mol. The van der Waals surface area contributed by atoms with Gasteiger partial charge in [0.25, 0.3) is 0 Å². The van der Waals surface area contributed by atoms with Gasteiger partial charge in [-0.3, -0.25) is 0 Å². The summed E-state index contributed by atoms with van der Waals surface area (Å²) in [5.41, 5.74) is 0. The second kappa shape index (κ2) is 7.35. The Morgan fingerprint density at radius 2 is 1.72 bits per heavy atom. The Hall–Kier alpha value is -1.11. The summed E-state index contributed by atoms with van der Waals surface area (Å²) in [5.74, 6) is 0.663. The van der Waals surface area contributed by atoms with Crippen LogP contribution < -0.4 is 10.1 Å². The fraction of sp³-hybridized carbons (Fsp3) is 0.500. The van der Waals surface area contributed by atoms with Gasteiger partial charge in [-0.15, -0.1) is 0 Å². The van der Waals surface area contributed by atoms with Gasteiger partial charge in [0, 0.05) is 26.5 Å². The maximum absolute atomic E-state index is 11.2. The molecule has 0 aliphatic heterocycles. The Kier molecular flexibility index (Phi) is 6.11. The molecule has 1 aromatic rings. The summed E-state index contributed by atoms with van der Waals surface area (Å²) in [4.78, 5) is 0.299. The highest BCUT2D eigenvalue weighted by Gasteiger charge is 2.06. The third-order valence-corrected chi connectivity index (χ3v) is 3.41. The van der Waals surface area contributed by atoms with E-state index in [1.165, 1.54) is 6.26 Å². The van der Waals surface area contributed by atoms with Crippen LogP contribution in [0.2, 0.25) is 0 Å². The van der Waals surface area contributed by atoms with Crippen LogP contribution in [-0.2, 0) is 14.6 Å². The predicted molar refractivity (Wildman–Crippen MR) is 69.8 cm³/mol. The van der Waals surface area contributed by atoms with Gasteiger partial charge in [-0.1, -0.05) is 0 Å². The first-order valence-electron chi connectivity index (χ1n) is 5.66. The third-order valence-electron chi connectivity index (χ3n) is 2.28. The molecule has 0 aliphatic rings. The van der Waals surface area contributed by atoms with Crippen LogP contribution in [-0.4, -0.2) is 48.1 Å². The second-order valence-corrected chi connectivity index (χ2v) is 5.85. The van der Waals surface area contributed by atoms with E-state index in [0.717, 1.165) is 13.1 Å². The van der Waals surface area contributed by atoms with Gasteiger partial charge in [0.1, 0.15) is 12.4 Å². The van der Waals surface area contributed by atoms with Gasteiger partial charge in [-0.25, -0.2) is 8.42 Å². The standard InChI is InChI=1S/C12H19NO4S/c1-16-9-7-13-8-10-17-11-3-5-12(6-4-11)18(2,14)15/h3-6,13H,7-10H2,1-2H3. The van der Waals surface area contributed by atoms with Crippen molar-refractivity contribution < 1.29 is 17.9 Å². The molecule has 0 saturated heterocycles. The quantitative estimate of drug-likeness (QED) is 0.707. The molecule has 18 heavy (non-hydrogen) atoms. The second-order valence-electron chi connectivity index (χ2n) is 3.83. The van der Waals surface area contributed by atoms with E-state index >= 15 is 0 Å². The van der Waals surface area contributed by atoms with Crippen LogP contribution in [0.15, 0.2) is 29.2 Å². The summed E-state index contributed by atoms with van der Waals surface area (Å²) in [6, 6.07) is 6.41. The summed E-state index contributed by atoms with van der Waals surface area (Å²) in [6.45, 7) is 2.70. The summed E-state index contributed by atoms with van der Waals surface area (Å²) in [6.07, 6.45) is 1.18. The SMILES string of the molecule is COCCNCCOc1ccc(S(C)(=O)=O)cc1. The molecule has 1 rings (SSSR count). The fourth-order valence-corrected chi connectivity index (χ4v) is 1.95. The monoisotopic (exact) mass is 273 g/mol. The summed E-state index contributed by atoms with van der Waals surface area (Å²) in [5, 5.41) is 3.15. The van der Waals surface area contributed by atoms with Crippen molar-refractivity contribution in [3.05, 3.63) is 24.3 Å². The third kappa shape index (κ3) is 5.48. The highest BCUT2D eigenvalue weighted by Crippen LogP contribution is 2.15. The van der Waals surface area contributed by atoms with E-state index < -0.39 is 9.84 Å². The van der Waals surface area contributed by atoms with Crippen LogP contribution in [0.1, 0.15) is 0 Å². The topological polar surface area (TPSA) is 64.6 Å². The zero-order valence-corrected chi connectivity index (χ0v) is 11.5. The van der Waals surface area contributed by atoms with E-state index in [4.69, 9.17) is 9.47 Å². The van der Waals surface area contributed by atoms with E-state index in [2.05, 4.69) is 5.32 Å². The molecular formula is C12H19NO4S. The molecule has 6 heteroatoms. The van der Waals surface area contributed by atoms with E-state index in [0.29, 0.717) is 23.9 Å². The summed E-state index contributed by atoms with van der Waals surface area (Å²) in [7, 11) is -1.48. The molecule has 0 aliphatic carbocycles. The number of nitrogens with one attached hydrogen (secondary N) is 1. The molecule has 0 unspecified atom stereocenters. The molecule has 1 N–H and O–H groups in total. The van der Waals surface area contributed by atoms with E-state index in [1.54, 1.807) is 31.4 Å². The van der Waals surface area contributed by atoms with Gasteiger partial charge >= 0.3 is 0 Å². The van der Waals surface area contributed by atoms with Crippen LogP contribution in [0.3, 0.4) is 0 Å². The lowest BCUT2D eigenvalue weighted by molar-refractivity contribution is 0.197. The molecule has 5 nitrogen and oxygen atoms in total. The lowest BCUT2D eigenvalue weighted by atomic mass is 10.3. The number of rotatable bonds is 8. The average molecular weight is 273 g/mol. The van der Waals surface area contributed by atoms with Crippen LogP contribution in [0.5, 0.6) is 5.75 Å². The van der Waals surface area contributed by atoms with Gasteiger partial charge in [-0.05, 0) is 24.3 Å². The number of methoxy groups -OCH3 is 1. The van der Waals surface area contributed by atoms with Gasteiger partial charge in [0.2, 0.25) is 0 Å². The summed E-state index contributed by atoms with van der Waals surface area (Å²) >= 11 is 0. The molecule has 0 radical (unpaired) electrons. The molecule has 0 amide bonds. The van der Waals surface area contributed by atoms with Crippen LogP contribution in [0.25, 0.3) is 0 Å². The van der Waals surface area contributed by atoms with Crippen LogP contribution in [0.4, 0.5) is 0 Å². The number of ether oxygens (including phenoxy) is 2. The van der Waals surface area contributed by atoms with Crippen molar-refractivity contribution in [2.45, 2.75) is 4.90 Å². The Bertz CT molecular complexity index is 442. The molecule has 0 atom stereocenters. The van der Waals surface area contributed by atoms with Crippen molar-refractivity contribution in [1.29, 1.82) is 0 Å². The van der Waals surface area contributed by atoms with Crippen molar-refractivity contribution in [1.82, 2.24) is 5.32 Å². The molecule has 0 aromatic heterocycles. The lowest BCUT2D eigenvalue weighted by Crippen LogP contribution is -2.24. The average Bonchev–Trinajstić information content (AvgIpc) is 2.33. The predicted octanol–water partition coefficient (Wildman–Crippen LogP) is 0.705. The van der Waals surface area contributed by atoms with Gasteiger partial charge < -0.3 is 14.8 Å².